The largest absolute Gasteiger partial charge is 0.378 e. The normalized spacial score (nSPS) is 20.7. The SMILES string of the molecule is Cn1nc(C(C)(C)C)cc1C(=O)N(Cc1cccc(-c2ccc(N3CCOCC3)c(NC(=O)C3CCCC3)c2)c1)C1CCC(N)CC1. The average molecular weight is 641 g/mol. The van der Waals surface area contributed by atoms with Gasteiger partial charge >= 0.3 is 0 Å². The molecule has 0 radical (unpaired) electrons. The maximum atomic E-state index is 14.3. The molecule has 3 N–H and O–H groups in total. The van der Waals surface area contributed by atoms with Crippen LogP contribution in [0.15, 0.2) is 48.5 Å². The predicted molar refractivity (Wildman–Crippen MR) is 188 cm³/mol. The third-order valence-corrected chi connectivity index (χ3v) is 10.3. The van der Waals surface area contributed by atoms with Crippen molar-refractivity contribution in [3.63, 3.8) is 0 Å². The number of rotatable bonds is 8. The molecule has 1 aliphatic heterocycles. The highest BCUT2D eigenvalue weighted by molar-refractivity contribution is 5.97. The lowest BCUT2D eigenvalue weighted by Gasteiger charge is -2.36. The third kappa shape index (κ3) is 7.73. The zero-order chi connectivity index (χ0) is 33.1. The second kappa shape index (κ2) is 14.2. The topological polar surface area (TPSA) is 106 Å². The third-order valence-electron chi connectivity index (χ3n) is 10.3. The number of morpholine rings is 1. The number of hydrogen-bond donors (Lipinski definition) is 2. The number of aromatic nitrogens is 2. The molecule has 1 aromatic heterocycles. The Kier molecular flexibility index (Phi) is 10.0. The van der Waals surface area contributed by atoms with Gasteiger partial charge in [0.2, 0.25) is 5.91 Å². The minimum atomic E-state index is -0.153. The molecule has 0 spiro atoms. The standard InChI is InChI=1S/C38H52N6O3/c1-38(2,3)35-24-34(42(4)41-35)37(46)44(31-15-13-30(39)14-16-31)25-26-8-7-11-28(22-26)29-12-17-33(43-18-20-47-21-19-43)32(23-29)40-36(45)27-9-5-6-10-27/h7-8,11-12,17,22-24,27,30-31H,5-6,9-10,13-16,18-21,25,39H2,1-4H3,(H,40,45). The fourth-order valence-electron chi connectivity index (χ4n) is 7.33. The molecule has 3 fully saturated rings. The summed E-state index contributed by atoms with van der Waals surface area (Å²) in [6, 6.07) is 17.1. The quantitative estimate of drug-likeness (QED) is 0.301. The molecule has 0 atom stereocenters. The summed E-state index contributed by atoms with van der Waals surface area (Å²) in [4.78, 5) is 31.9. The predicted octanol–water partition coefficient (Wildman–Crippen LogP) is 6.26. The number of benzene rings is 2. The lowest BCUT2D eigenvalue weighted by Crippen LogP contribution is -2.44. The molecule has 9 heteroatoms. The molecule has 9 nitrogen and oxygen atoms in total. The molecule has 2 heterocycles. The highest BCUT2D eigenvalue weighted by Crippen LogP contribution is 2.35. The smallest absolute Gasteiger partial charge is 0.272 e. The van der Waals surface area contributed by atoms with Gasteiger partial charge < -0.3 is 25.6 Å². The summed E-state index contributed by atoms with van der Waals surface area (Å²) in [6.07, 6.45) is 7.76. The minimum absolute atomic E-state index is 0.00755. The van der Waals surface area contributed by atoms with Gasteiger partial charge in [-0.15, -0.1) is 0 Å². The first-order valence-electron chi connectivity index (χ1n) is 17.5. The summed E-state index contributed by atoms with van der Waals surface area (Å²) in [7, 11) is 1.86. The molecule has 2 saturated carbocycles. The summed E-state index contributed by atoms with van der Waals surface area (Å²) in [5.74, 6) is 0.207. The van der Waals surface area contributed by atoms with Crippen LogP contribution in [0.25, 0.3) is 11.1 Å². The van der Waals surface area contributed by atoms with Crippen LogP contribution in [0.3, 0.4) is 0 Å². The lowest BCUT2D eigenvalue weighted by atomic mass is 9.90. The summed E-state index contributed by atoms with van der Waals surface area (Å²) in [6.45, 7) is 9.81. The average Bonchev–Trinajstić information content (AvgIpc) is 3.75. The van der Waals surface area contributed by atoms with Crippen LogP contribution in [-0.4, -0.2) is 64.9 Å². The van der Waals surface area contributed by atoms with Crippen LogP contribution < -0.4 is 16.0 Å². The van der Waals surface area contributed by atoms with E-state index >= 15 is 0 Å². The number of carbonyl (C=O) groups excluding carboxylic acids is 2. The monoisotopic (exact) mass is 640 g/mol. The molecule has 0 bridgehead atoms. The van der Waals surface area contributed by atoms with Gasteiger partial charge in [-0.3, -0.25) is 14.3 Å². The van der Waals surface area contributed by atoms with Gasteiger partial charge in [-0.25, -0.2) is 0 Å². The van der Waals surface area contributed by atoms with E-state index in [-0.39, 0.29) is 35.2 Å². The van der Waals surface area contributed by atoms with E-state index in [2.05, 4.69) is 73.5 Å². The second-order valence-electron chi connectivity index (χ2n) is 14.8. The molecular formula is C38H52N6O3. The van der Waals surface area contributed by atoms with Crippen molar-refractivity contribution in [2.24, 2.45) is 18.7 Å². The second-order valence-corrected chi connectivity index (χ2v) is 14.8. The van der Waals surface area contributed by atoms with Gasteiger partial charge in [0, 0.05) is 50.1 Å². The summed E-state index contributed by atoms with van der Waals surface area (Å²) in [5, 5.41) is 8.02. The van der Waals surface area contributed by atoms with Gasteiger partial charge in [0.1, 0.15) is 5.69 Å². The molecule has 3 aromatic rings. The number of amides is 2. The van der Waals surface area contributed by atoms with Crippen LogP contribution in [-0.2, 0) is 28.5 Å². The highest BCUT2D eigenvalue weighted by atomic mass is 16.5. The zero-order valence-corrected chi connectivity index (χ0v) is 28.6. The first-order chi connectivity index (χ1) is 22.6. The van der Waals surface area contributed by atoms with Gasteiger partial charge in [0.05, 0.1) is 30.3 Å². The Hall–Kier alpha value is -3.69. The van der Waals surface area contributed by atoms with Crippen LogP contribution in [0.5, 0.6) is 0 Å². The van der Waals surface area contributed by atoms with Crippen molar-refractivity contribution in [3.8, 4) is 11.1 Å². The van der Waals surface area contributed by atoms with Gasteiger partial charge in [0.25, 0.3) is 5.91 Å². The molecule has 2 aromatic carbocycles. The number of nitrogens with zero attached hydrogens (tertiary/aromatic N) is 4. The number of hydrogen-bond acceptors (Lipinski definition) is 6. The molecule has 2 aliphatic carbocycles. The first-order valence-corrected chi connectivity index (χ1v) is 17.5. The Bertz CT molecular complexity index is 1560. The summed E-state index contributed by atoms with van der Waals surface area (Å²) in [5.41, 5.74) is 12.7. The van der Waals surface area contributed by atoms with Crippen LogP contribution in [0.4, 0.5) is 11.4 Å². The molecular weight excluding hydrogens is 588 g/mol. The number of nitrogens with one attached hydrogen (secondary N) is 1. The molecule has 6 rings (SSSR count). The number of nitrogens with two attached hydrogens (primary N) is 1. The van der Waals surface area contributed by atoms with Crippen molar-refractivity contribution in [2.75, 3.05) is 36.5 Å². The molecule has 252 valence electrons. The Morgan fingerprint density at radius 2 is 1.66 bits per heavy atom. The van der Waals surface area contributed by atoms with E-state index in [0.717, 1.165) is 98.2 Å². The summed E-state index contributed by atoms with van der Waals surface area (Å²) < 4.78 is 7.34. The fourth-order valence-corrected chi connectivity index (χ4v) is 7.33. The number of aryl methyl sites for hydroxylation is 1. The van der Waals surface area contributed by atoms with Crippen molar-refractivity contribution in [1.82, 2.24) is 14.7 Å². The van der Waals surface area contributed by atoms with Crippen LogP contribution >= 0.6 is 0 Å². The van der Waals surface area contributed by atoms with E-state index < -0.39 is 0 Å². The molecule has 3 aliphatic rings. The van der Waals surface area contributed by atoms with Gasteiger partial charge in [0.15, 0.2) is 0 Å². The molecule has 2 amide bonds. The highest BCUT2D eigenvalue weighted by Gasteiger charge is 2.32. The zero-order valence-electron chi connectivity index (χ0n) is 28.6. The van der Waals surface area contributed by atoms with Crippen LogP contribution in [0.2, 0.25) is 0 Å². The van der Waals surface area contributed by atoms with E-state index in [1.807, 2.05) is 18.0 Å². The van der Waals surface area contributed by atoms with E-state index in [1.165, 1.54) is 0 Å². The maximum absolute atomic E-state index is 14.3. The Labute approximate surface area is 279 Å². The Morgan fingerprint density at radius 1 is 0.957 bits per heavy atom. The van der Waals surface area contributed by atoms with Gasteiger partial charge in [-0.1, -0.05) is 57.9 Å². The summed E-state index contributed by atoms with van der Waals surface area (Å²) >= 11 is 0. The van der Waals surface area contributed by atoms with Crippen LogP contribution in [0, 0.1) is 5.92 Å². The van der Waals surface area contributed by atoms with Crippen molar-refractivity contribution in [3.05, 3.63) is 65.5 Å². The maximum Gasteiger partial charge on any atom is 0.272 e. The van der Waals surface area contributed by atoms with Crippen LogP contribution in [0.1, 0.15) is 93.9 Å². The van der Waals surface area contributed by atoms with E-state index in [9.17, 15) is 9.59 Å². The Morgan fingerprint density at radius 3 is 2.34 bits per heavy atom. The van der Waals surface area contributed by atoms with Gasteiger partial charge in [-0.05, 0) is 79.5 Å². The lowest BCUT2D eigenvalue weighted by molar-refractivity contribution is -0.119. The van der Waals surface area contributed by atoms with Gasteiger partial charge in [-0.2, -0.15) is 5.10 Å². The Balaban J connectivity index is 1.29. The van der Waals surface area contributed by atoms with E-state index in [4.69, 9.17) is 15.6 Å². The molecule has 47 heavy (non-hydrogen) atoms. The van der Waals surface area contributed by atoms with Crippen molar-refractivity contribution >= 4 is 23.2 Å². The number of anilines is 2. The minimum Gasteiger partial charge on any atom is -0.378 e. The first kappa shape index (κ1) is 33.2. The van der Waals surface area contributed by atoms with Crippen molar-refractivity contribution in [2.45, 2.75) is 96.2 Å². The number of carbonyl (C=O) groups is 2. The molecule has 0 unspecified atom stereocenters. The van der Waals surface area contributed by atoms with Crippen molar-refractivity contribution in [1.29, 1.82) is 0 Å². The van der Waals surface area contributed by atoms with E-state index in [1.54, 1.807) is 4.68 Å². The van der Waals surface area contributed by atoms with E-state index in [0.29, 0.717) is 25.5 Å². The fraction of sp³-hybridized carbons (Fsp3) is 0.553. The van der Waals surface area contributed by atoms with Crippen molar-refractivity contribution < 1.29 is 14.3 Å². The number of ether oxygens (including phenoxy) is 1. The molecule has 1 saturated heterocycles.